The molecule has 0 radical (unpaired) electrons. The van der Waals surface area contributed by atoms with E-state index in [4.69, 9.17) is 16.3 Å². The summed E-state index contributed by atoms with van der Waals surface area (Å²) in [6.07, 6.45) is 4.01. The van der Waals surface area contributed by atoms with E-state index in [-0.39, 0.29) is 6.10 Å². The van der Waals surface area contributed by atoms with E-state index in [2.05, 4.69) is 15.3 Å². The normalized spacial score (nSPS) is 20.4. The second kappa shape index (κ2) is 4.88. The zero-order valence-corrected chi connectivity index (χ0v) is 10.9. The van der Waals surface area contributed by atoms with E-state index >= 15 is 0 Å². The van der Waals surface area contributed by atoms with Crippen LogP contribution in [0.25, 0.3) is 4.96 Å². The molecule has 0 aliphatic carbocycles. The molecule has 3 heterocycles. The Bertz CT molecular complexity index is 505. The molecule has 1 aliphatic rings. The van der Waals surface area contributed by atoms with Crippen molar-refractivity contribution in [3.8, 4) is 0 Å². The van der Waals surface area contributed by atoms with Gasteiger partial charge in [-0.05, 0) is 19.3 Å². The molecule has 1 unspecified atom stereocenters. The lowest BCUT2D eigenvalue weighted by atomic mass is 10.2. The highest BCUT2D eigenvalue weighted by atomic mass is 35.5. The van der Waals surface area contributed by atoms with Gasteiger partial charge in [0.05, 0.1) is 0 Å². The summed E-state index contributed by atoms with van der Waals surface area (Å²) in [5, 5.41) is 13.9. The van der Waals surface area contributed by atoms with Gasteiger partial charge in [-0.15, -0.1) is 21.8 Å². The third-order valence-electron chi connectivity index (χ3n) is 2.80. The van der Waals surface area contributed by atoms with Crippen LogP contribution in [-0.4, -0.2) is 32.3 Å². The maximum absolute atomic E-state index is 5.68. The second-order valence-electron chi connectivity index (χ2n) is 4.04. The highest BCUT2D eigenvalue weighted by Crippen LogP contribution is 2.28. The van der Waals surface area contributed by atoms with Gasteiger partial charge in [-0.1, -0.05) is 11.3 Å². The van der Waals surface area contributed by atoms with Crippen molar-refractivity contribution in [2.75, 3.05) is 12.5 Å². The third-order valence-corrected chi connectivity index (χ3v) is 4.02. The molecule has 0 amide bonds. The standard InChI is InChI=1S/C10H13ClN4OS/c11-5-1-4-8-14-15-9(7-3-2-6-16-7)12-13-10(15)17-8/h7H,1-6H2. The monoisotopic (exact) mass is 272 g/mol. The summed E-state index contributed by atoms with van der Waals surface area (Å²) < 4.78 is 7.44. The van der Waals surface area contributed by atoms with Crippen molar-refractivity contribution in [1.29, 1.82) is 0 Å². The number of ether oxygens (including phenoxy) is 1. The molecule has 92 valence electrons. The topological polar surface area (TPSA) is 52.3 Å². The van der Waals surface area contributed by atoms with Gasteiger partial charge < -0.3 is 4.74 Å². The molecule has 0 aromatic carbocycles. The van der Waals surface area contributed by atoms with Gasteiger partial charge in [0.1, 0.15) is 11.1 Å². The van der Waals surface area contributed by atoms with Crippen molar-refractivity contribution in [3.05, 3.63) is 10.8 Å². The van der Waals surface area contributed by atoms with Crippen LogP contribution in [0, 0.1) is 0 Å². The van der Waals surface area contributed by atoms with Gasteiger partial charge >= 0.3 is 0 Å². The van der Waals surface area contributed by atoms with Crippen LogP contribution >= 0.6 is 22.9 Å². The minimum atomic E-state index is 0.0629. The highest BCUT2D eigenvalue weighted by Gasteiger charge is 2.24. The first-order valence-corrected chi connectivity index (χ1v) is 7.12. The van der Waals surface area contributed by atoms with Gasteiger partial charge in [0.15, 0.2) is 5.82 Å². The molecule has 7 heteroatoms. The van der Waals surface area contributed by atoms with Crippen LogP contribution in [0.1, 0.15) is 36.2 Å². The van der Waals surface area contributed by atoms with Crippen LogP contribution in [0.3, 0.4) is 0 Å². The molecule has 1 aliphatic heterocycles. The van der Waals surface area contributed by atoms with Crippen molar-refractivity contribution in [1.82, 2.24) is 19.8 Å². The van der Waals surface area contributed by atoms with Crippen molar-refractivity contribution in [3.63, 3.8) is 0 Å². The number of rotatable bonds is 4. The average Bonchev–Trinajstić information content (AvgIpc) is 3.01. The van der Waals surface area contributed by atoms with Crippen molar-refractivity contribution < 1.29 is 4.74 Å². The molecule has 5 nitrogen and oxygen atoms in total. The van der Waals surface area contributed by atoms with E-state index in [0.29, 0.717) is 5.88 Å². The Labute approximate surface area is 108 Å². The second-order valence-corrected chi connectivity index (χ2v) is 5.46. The van der Waals surface area contributed by atoms with Crippen molar-refractivity contribution in [2.24, 2.45) is 0 Å². The fourth-order valence-electron chi connectivity index (χ4n) is 1.97. The largest absolute Gasteiger partial charge is 0.370 e. The maximum atomic E-state index is 5.68. The number of halogens is 1. The molecule has 2 aromatic rings. The predicted octanol–water partition coefficient (Wildman–Crippen LogP) is 2.21. The first-order valence-electron chi connectivity index (χ1n) is 5.77. The molecular formula is C10H13ClN4OS. The summed E-state index contributed by atoms with van der Waals surface area (Å²) >= 11 is 7.26. The molecule has 0 saturated carbocycles. The summed E-state index contributed by atoms with van der Waals surface area (Å²) in [4.78, 5) is 0.847. The lowest BCUT2D eigenvalue weighted by Gasteiger charge is -2.03. The predicted molar refractivity (Wildman–Crippen MR) is 65.6 cm³/mol. The van der Waals surface area contributed by atoms with Crippen LogP contribution in [0.4, 0.5) is 0 Å². The molecule has 0 spiro atoms. The Hall–Kier alpha value is -0.720. The van der Waals surface area contributed by atoms with E-state index in [0.717, 1.165) is 48.1 Å². The van der Waals surface area contributed by atoms with Gasteiger partial charge in [0, 0.05) is 18.9 Å². The molecule has 0 N–H and O–H groups in total. The van der Waals surface area contributed by atoms with E-state index in [1.807, 2.05) is 4.52 Å². The first kappa shape index (κ1) is 11.4. The van der Waals surface area contributed by atoms with Gasteiger partial charge in [-0.25, -0.2) is 0 Å². The number of fused-ring (bicyclic) bond motifs is 1. The molecule has 3 rings (SSSR count). The first-order chi connectivity index (χ1) is 8.38. The average molecular weight is 273 g/mol. The van der Waals surface area contributed by atoms with Gasteiger partial charge in [0.25, 0.3) is 0 Å². The summed E-state index contributed by atoms with van der Waals surface area (Å²) in [6, 6.07) is 0. The summed E-state index contributed by atoms with van der Waals surface area (Å²) in [7, 11) is 0. The smallest absolute Gasteiger partial charge is 0.234 e. The van der Waals surface area contributed by atoms with Gasteiger partial charge in [-0.2, -0.15) is 9.61 Å². The Morgan fingerprint density at radius 1 is 1.47 bits per heavy atom. The maximum Gasteiger partial charge on any atom is 0.234 e. The number of aryl methyl sites for hydroxylation is 1. The minimum absolute atomic E-state index is 0.0629. The zero-order valence-electron chi connectivity index (χ0n) is 9.30. The molecule has 1 fully saturated rings. The van der Waals surface area contributed by atoms with Gasteiger partial charge in [0.2, 0.25) is 4.96 Å². The van der Waals surface area contributed by atoms with E-state index in [1.165, 1.54) is 0 Å². The molecule has 2 aromatic heterocycles. The van der Waals surface area contributed by atoms with Crippen LogP contribution in [0.15, 0.2) is 0 Å². The highest BCUT2D eigenvalue weighted by molar-refractivity contribution is 7.16. The van der Waals surface area contributed by atoms with E-state index in [1.54, 1.807) is 11.3 Å². The molecule has 1 atom stereocenters. The number of hydrogen-bond donors (Lipinski definition) is 0. The SMILES string of the molecule is ClCCCc1nn2c(C3CCCO3)nnc2s1. The lowest BCUT2D eigenvalue weighted by Crippen LogP contribution is -2.03. The number of alkyl halides is 1. The minimum Gasteiger partial charge on any atom is -0.370 e. The quantitative estimate of drug-likeness (QED) is 0.801. The summed E-state index contributed by atoms with van der Waals surface area (Å²) in [5.41, 5.74) is 0. The summed E-state index contributed by atoms with van der Waals surface area (Å²) in [5.74, 6) is 1.50. The van der Waals surface area contributed by atoms with Crippen LogP contribution in [-0.2, 0) is 11.2 Å². The van der Waals surface area contributed by atoms with Crippen molar-refractivity contribution >= 4 is 27.9 Å². The molecule has 17 heavy (non-hydrogen) atoms. The van der Waals surface area contributed by atoms with E-state index < -0.39 is 0 Å². The Morgan fingerprint density at radius 3 is 3.18 bits per heavy atom. The lowest BCUT2D eigenvalue weighted by molar-refractivity contribution is 0.103. The van der Waals surface area contributed by atoms with Crippen molar-refractivity contribution in [2.45, 2.75) is 31.8 Å². The Balaban J connectivity index is 1.88. The third kappa shape index (κ3) is 2.17. The van der Waals surface area contributed by atoms with E-state index in [9.17, 15) is 0 Å². The Morgan fingerprint density at radius 2 is 2.41 bits per heavy atom. The molecular weight excluding hydrogens is 260 g/mol. The fourth-order valence-corrected chi connectivity index (χ4v) is 2.99. The molecule has 1 saturated heterocycles. The summed E-state index contributed by atoms with van der Waals surface area (Å²) in [6.45, 7) is 0.808. The van der Waals surface area contributed by atoms with Crippen LogP contribution in [0.5, 0.6) is 0 Å². The Kier molecular flexibility index (Phi) is 3.26. The van der Waals surface area contributed by atoms with Gasteiger partial charge in [-0.3, -0.25) is 0 Å². The number of hydrogen-bond acceptors (Lipinski definition) is 5. The number of aromatic nitrogens is 4. The van der Waals surface area contributed by atoms with Crippen LogP contribution in [0.2, 0.25) is 0 Å². The zero-order chi connectivity index (χ0) is 11.7. The number of nitrogens with zero attached hydrogens (tertiary/aromatic N) is 4. The fraction of sp³-hybridized carbons (Fsp3) is 0.700. The molecule has 0 bridgehead atoms. The van der Waals surface area contributed by atoms with Crippen LogP contribution < -0.4 is 0 Å².